The molecule has 3 N–H and O–H groups in total. The summed E-state index contributed by atoms with van der Waals surface area (Å²) in [7, 11) is 0. The number of anilines is 1. The summed E-state index contributed by atoms with van der Waals surface area (Å²) >= 11 is 0. The number of aromatic amines is 1. The van der Waals surface area contributed by atoms with Crippen LogP contribution in [0.1, 0.15) is 25.5 Å². The molecule has 1 heterocycles. The monoisotopic (exact) mass is 367 g/mol. The Morgan fingerprint density at radius 3 is 2.67 bits per heavy atom. The summed E-state index contributed by atoms with van der Waals surface area (Å²) in [6.07, 6.45) is 5.02. The van der Waals surface area contributed by atoms with Crippen molar-refractivity contribution in [3.05, 3.63) is 58.5 Å². The predicted molar refractivity (Wildman–Crippen MR) is 101 cm³/mol. The average Bonchev–Trinajstić information content (AvgIpc) is 2.67. The van der Waals surface area contributed by atoms with Crippen LogP contribution in [0.2, 0.25) is 0 Å². The number of hydrogen-bond donors (Lipinski definition) is 3. The molecule has 1 aliphatic carbocycles. The number of hydrogen-bond acceptors (Lipinski definition) is 4. The number of nitrogens with zero attached hydrogens (tertiary/aromatic N) is 1. The molecule has 1 aromatic carbocycles. The van der Waals surface area contributed by atoms with E-state index in [2.05, 4.69) is 15.3 Å². The van der Waals surface area contributed by atoms with Crippen LogP contribution in [0.4, 0.5) is 5.69 Å². The molecular weight excluding hydrogens is 346 g/mol. The highest BCUT2D eigenvalue weighted by molar-refractivity contribution is 5.95. The number of amides is 1. The van der Waals surface area contributed by atoms with Crippen LogP contribution in [0, 0.1) is 11.8 Å². The summed E-state index contributed by atoms with van der Waals surface area (Å²) in [6, 6.07) is 8.43. The Hall–Kier alpha value is -3.22. The Morgan fingerprint density at radius 1 is 1.22 bits per heavy atom. The molecule has 1 amide bonds. The second-order valence-corrected chi connectivity index (χ2v) is 6.50. The SMILES string of the molecule is CCc1cc(=O)[nH]c(-c2cccc(NC(=O)[C@@H]3CC=CC[C@H]3C(=O)O)c2)n1. The van der Waals surface area contributed by atoms with Gasteiger partial charge < -0.3 is 15.4 Å². The summed E-state index contributed by atoms with van der Waals surface area (Å²) in [5.74, 6) is -2.20. The maximum Gasteiger partial charge on any atom is 0.307 e. The lowest BCUT2D eigenvalue weighted by atomic mass is 9.82. The van der Waals surface area contributed by atoms with E-state index in [4.69, 9.17) is 0 Å². The van der Waals surface area contributed by atoms with Crippen molar-refractivity contribution in [2.24, 2.45) is 11.8 Å². The molecule has 2 atom stereocenters. The number of carbonyl (C=O) groups excluding carboxylic acids is 1. The smallest absolute Gasteiger partial charge is 0.307 e. The molecule has 1 aliphatic rings. The highest BCUT2D eigenvalue weighted by Crippen LogP contribution is 2.28. The normalized spacial score (nSPS) is 18.9. The molecule has 0 bridgehead atoms. The Kier molecular flexibility index (Phi) is 5.49. The third-order valence-corrected chi connectivity index (χ3v) is 4.65. The van der Waals surface area contributed by atoms with Crippen molar-refractivity contribution in [2.45, 2.75) is 26.2 Å². The lowest BCUT2D eigenvalue weighted by Crippen LogP contribution is -2.34. The van der Waals surface area contributed by atoms with Crippen molar-refractivity contribution < 1.29 is 14.7 Å². The third kappa shape index (κ3) is 4.31. The van der Waals surface area contributed by atoms with E-state index in [0.717, 1.165) is 0 Å². The zero-order chi connectivity index (χ0) is 19.4. The molecule has 0 saturated heterocycles. The molecule has 2 aromatic rings. The molecule has 0 saturated carbocycles. The maximum atomic E-state index is 12.6. The van der Waals surface area contributed by atoms with E-state index in [1.807, 2.05) is 13.0 Å². The van der Waals surface area contributed by atoms with Crippen LogP contribution in [-0.4, -0.2) is 27.0 Å². The minimum Gasteiger partial charge on any atom is -0.481 e. The summed E-state index contributed by atoms with van der Waals surface area (Å²) in [4.78, 5) is 42.9. The number of benzene rings is 1. The van der Waals surface area contributed by atoms with Crippen LogP contribution in [0.5, 0.6) is 0 Å². The number of rotatable bonds is 5. The van der Waals surface area contributed by atoms with Crippen molar-refractivity contribution in [3.63, 3.8) is 0 Å². The standard InChI is InChI=1S/C20H21N3O4/c1-2-13-11-17(24)23-18(21-13)12-6-5-7-14(10-12)22-19(25)15-8-3-4-9-16(15)20(26)27/h3-7,10-11,15-16H,2,8-9H2,1H3,(H,22,25)(H,26,27)(H,21,23,24)/t15-,16-/m1/s1. The number of nitrogens with one attached hydrogen (secondary N) is 2. The van der Waals surface area contributed by atoms with Gasteiger partial charge in [-0.1, -0.05) is 31.2 Å². The van der Waals surface area contributed by atoms with E-state index in [9.17, 15) is 19.5 Å². The highest BCUT2D eigenvalue weighted by atomic mass is 16.4. The van der Waals surface area contributed by atoms with Gasteiger partial charge in [0.05, 0.1) is 11.8 Å². The zero-order valence-corrected chi connectivity index (χ0v) is 14.9. The van der Waals surface area contributed by atoms with Gasteiger partial charge in [-0.3, -0.25) is 14.4 Å². The molecule has 7 nitrogen and oxygen atoms in total. The number of aryl methyl sites for hydroxylation is 1. The molecular formula is C20H21N3O4. The van der Waals surface area contributed by atoms with Gasteiger partial charge in [0.25, 0.3) is 5.56 Å². The highest BCUT2D eigenvalue weighted by Gasteiger charge is 2.33. The Labute approximate surface area is 156 Å². The van der Waals surface area contributed by atoms with Gasteiger partial charge in [-0.15, -0.1) is 0 Å². The number of carboxylic acids is 1. The first-order valence-corrected chi connectivity index (χ1v) is 8.87. The number of aliphatic carboxylic acids is 1. The molecule has 0 spiro atoms. The quantitative estimate of drug-likeness (QED) is 0.703. The minimum atomic E-state index is -0.966. The average molecular weight is 367 g/mol. The molecule has 1 aromatic heterocycles. The van der Waals surface area contributed by atoms with Gasteiger partial charge in [0.2, 0.25) is 5.91 Å². The van der Waals surface area contributed by atoms with Gasteiger partial charge in [-0.25, -0.2) is 4.98 Å². The van der Waals surface area contributed by atoms with Crippen molar-refractivity contribution in [1.82, 2.24) is 9.97 Å². The fourth-order valence-electron chi connectivity index (χ4n) is 3.18. The van der Waals surface area contributed by atoms with E-state index >= 15 is 0 Å². The summed E-state index contributed by atoms with van der Waals surface area (Å²) in [6.45, 7) is 1.92. The zero-order valence-electron chi connectivity index (χ0n) is 14.9. The fourth-order valence-corrected chi connectivity index (χ4v) is 3.18. The maximum absolute atomic E-state index is 12.6. The van der Waals surface area contributed by atoms with Crippen molar-refractivity contribution >= 4 is 17.6 Å². The van der Waals surface area contributed by atoms with Gasteiger partial charge in [-0.05, 0) is 31.4 Å². The molecule has 0 fully saturated rings. The van der Waals surface area contributed by atoms with E-state index in [1.165, 1.54) is 6.07 Å². The van der Waals surface area contributed by atoms with Crippen LogP contribution in [0.25, 0.3) is 11.4 Å². The number of allylic oxidation sites excluding steroid dienone is 2. The first-order chi connectivity index (χ1) is 13.0. The molecule has 0 radical (unpaired) electrons. The summed E-state index contributed by atoms with van der Waals surface area (Å²) in [5.41, 5.74) is 1.64. The van der Waals surface area contributed by atoms with E-state index in [1.54, 1.807) is 30.3 Å². The van der Waals surface area contributed by atoms with Gasteiger partial charge in [0.1, 0.15) is 5.82 Å². The fraction of sp³-hybridized carbons (Fsp3) is 0.300. The predicted octanol–water partition coefficient (Wildman–Crippen LogP) is 2.60. The second kappa shape index (κ2) is 7.99. The van der Waals surface area contributed by atoms with E-state index < -0.39 is 17.8 Å². The van der Waals surface area contributed by atoms with E-state index in [-0.39, 0.29) is 11.5 Å². The second-order valence-electron chi connectivity index (χ2n) is 6.50. The largest absolute Gasteiger partial charge is 0.481 e. The first-order valence-electron chi connectivity index (χ1n) is 8.87. The van der Waals surface area contributed by atoms with Crippen molar-refractivity contribution in [2.75, 3.05) is 5.32 Å². The van der Waals surface area contributed by atoms with Crippen molar-refractivity contribution in [1.29, 1.82) is 0 Å². The third-order valence-electron chi connectivity index (χ3n) is 4.65. The number of aromatic nitrogens is 2. The topological polar surface area (TPSA) is 112 Å². The van der Waals surface area contributed by atoms with Gasteiger partial charge in [0, 0.05) is 23.0 Å². The molecule has 27 heavy (non-hydrogen) atoms. The summed E-state index contributed by atoms with van der Waals surface area (Å²) in [5, 5.41) is 12.1. The molecule has 3 rings (SSSR count). The van der Waals surface area contributed by atoms with E-state index in [0.29, 0.717) is 42.0 Å². The van der Waals surface area contributed by atoms with Crippen LogP contribution in [-0.2, 0) is 16.0 Å². The molecule has 7 heteroatoms. The Bertz CT molecular complexity index is 948. The number of H-pyrrole nitrogens is 1. The lowest BCUT2D eigenvalue weighted by molar-refractivity contribution is -0.146. The summed E-state index contributed by atoms with van der Waals surface area (Å²) < 4.78 is 0. The van der Waals surface area contributed by atoms with Gasteiger partial charge >= 0.3 is 5.97 Å². The Morgan fingerprint density at radius 2 is 1.96 bits per heavy atom. The minimum absolute atomic E-state index is 0.232. The first kappa shape index (κ1) is 18.6. The van der Waals surface area contributed by atoms with Crippen molar-refractivity contribution in [3.8, 4) is 11.4 Å². The molecule has 0 aliphatic heterocycles. The molecule has 0 unspecified atom stereocenters. The van der Waals surface area contributed by atoms with Gasteiger partial charge in [-0.2, -0.15) is 0 Å². The lowest BCUT2D eigenvalue weighted by Gasteiger charge is -2.24. The van der Waals surface area contributed by atoms with Crippen LogP contribution in [0.15, 0.2) is 47.3 Å². The van der Waals surface area contributed by atoms with Crippen LogP contribution in [0.3, 0.4) is 0 Å². The number of carboxylic acid groups (broad SMARTS) is 1. The number of carbonyl (C=O) groups is 2. The molecule has 140 valence electrons. The van der Waals surface area contributed by atoms with Crippen LogP contribution < -0.4 is 10.9 Å². The Balaban J connectivity index is 1.83. The van der Waals surface area contributed by atoms with Crippen LogP contribution >= 0.6 is 0 Å². The van der Waals surface area contributed by atoms with Gasteiger partial charge in [0.15, 0.2) is 0 Å².